The number of fused-ring (bicyclic) bond motifs is 2. The summed E-state index contributed by atoms with van der Waals surface area (Å²) in [5.74, 6) is 0. The van der Waals surface area contributed by atoms with Crippen molar-refractivity contribution in [3.8, 4) is 0 Å². The van der Waals surface area contributed by atoms with Gasteiger partial charge in [-0.3, -0.25) is 0 Å². The number of carbonyl (C=O) groups excluding carboxylic acids is 1. The summed E-state index contributed by atoms with van der Waals surface area (Å²) in [4.78, 5) is 29.0. The Balaban J connectivity index is 0.000000205. The number of nitrogens with two attached hydrogens (primary N) is 1. The lowest BCUT2D eigenvalue weighted by atomic mass is 10.2. The number of aromatic nitrogens is 6. The molecule has 0 aliphatic rings. The maximum absolute atomic E-state index is 13.0. The highest BCUT2D eigenvalue weighted by Gasteiger charge is 2.24. The number of nitrogens with zero attached hydrogens (tertiary/aromatic N) is 6. The highest BCUT2D eigenvalue weighted by atomic mass is 35.5. The molecule has 0 unspecified atom stereocenters. The van der Waals surface area contributed by atoms with Crippen molar-refractivity contribution in [1.29, 1.82) is 0 Å². The zero-order valence-electron chi connectivity index (χ0n) is 28.1. The Morgan fingerprint density at radius 2 is 1.18 bits per heavy atom. The molecule has 0 bridgehead atoms. The largest absolute Gasteiger partial charge is 0.444 e. The first kappa shape index (κ1) is 37.6. The Morgan fingerprint density at radius 1 is 0.765 bits per heavy atom. The Hall–Kier alpha value is -4.61. The van der Waals surface area contributed by atoms with Gasteiger partial charge in [0.1, 0.15) is 16.6 Å². The van der Waals surface area contributed by atoms with E-state index in [1.165, 1.54) is 36.9 Å². The number of benzene rings is 2. The van der Waals surface area contributed by atoms with Crippen molar-refractivity contribution in [2.24, 2.45) is 5.73 Å². The molecule has 4 heterocycles. The van der Waals surface area contributed by atoms with Crippen LogP contribution in [0.1, 0.15) is 43.3 Å². The zero-order valence-corrected chi connectivity index (χ0v) is 31.3. The molecule has 2 aromatic carbocycles. The fourth-order valence-corrected chi connectivity index (χ4v) is 7.80. The molecular formula is C33H34Cl2N8O6S2. The van der Waals surface area contributed by atoms with Crippen LogP contribution in [0.25, 0.3) is 22.3 Å². The minimum absolute atomic E-state index is 0.0596. The Morgan fingerprint density at radius 3 is 1.59 bits per heavy atom. The lowest BCUT2D eigenvalue weighted by molar-refractivity contribution is 0.0523. The lowest BCUT2D eigenvalue weighted by Gasteiger charge is -2.19. The zero-order chi connectivity index (χ0) is 37.3. The molecule has 3 N–H and O–H groups in total. The molecule has 0 aliphatic carbocycles. The van der Waals surface area contributed by atoms with E-state index < -0.39 is 31.7 Å². The second-order valence-electron chi connectivity index (χ2n) is 12.3. The van der Waals surface area contributed by atoms with Crippen molar-refractivity contribution in [2.45, 2.75) is 63.1 Å². The van der Waals surface area contributed by atoms with Gasteiger partial charge in [-0.15, -0.1) is 0 Å². The molecule has 18 heteroatoms. The molecule has 14 nitrogen and oxygen atoms in total. The average Bonchev–Trinajstić information content (AvgIpc) is 3.60. The maximum Gasteiger partial charge on any atom is 0.407 e. The van der Waals surface area contributed by atoms with Crippen LogP contribution in [-0.4, -0.2) is 56.4 Å². The van der Waals surface area contributed by atoms with Crippen molar-refractivity contribution < 1.29 is 26.4 Å². The Kier molecular flexibility index (Phi) is 10.7. The van der Waals surface area contributed by atoms with E-state index in [1.807, 2.05) is 13.8 Å². The molecule has 0 saturated carbocycles. The van der Waals surface area contributed by atoms with E-state index in [4.69, 9.17) is 33.7 Å². The highest BCUT2D eigenvalue weighted by molar-refractivity contribution is 7.90. The van der Waals surface area contributed by atoms with E-state index in [2.05, 4.69) is 25.3 Å². The van der Waals surface area contributed by atoms with E-state index in [1.54, 1.807) is 57.2 Å². The second kappa shape index (κ2) is 14.6. The van der Waals surface area contributed by atoms with Crippen molar-refractivity contribution in [3.05, 3.63) is 106 Å². The van der Waals surface area contributed by atoms with Gasteiger partial charge >= 0.3 is 6.09 Å². The third-order valence-corrected chi connectivity index (χ3v) is 11.0. The fraction of sp³-hybridized carbons (Fsp3) is 0.242. The number of nitrogens with one attached hydrogen (secondary N) is 1. The third kappa shape index (κ3) is 8.31. The number of ether oxygens (including phenoxy) is 1. The van der Waals surface area contributed by atoms with E-state index in [-0.39, 0.29) is 49.7 Å². The van der Waals surface area contributed by atoms with Gasteiger partial charge in [-0.05, 0) is 58.9 Å². The minimum Gasteiger partial charge on any atom is -0.444 e. The molecule has 0 aliphatic heterocycles. The third-order valence-electron chi connectivity index (χ3n) is 7.11. The van der Waals surface area contributed by atoms with Crippen LogP contribution in [0.2, 0.25) is 10.0 Å². The number of alkyl carbamates (subject to hydrolysis) is 1. The van der Waals surface area contributed by atoms with Crippen LogP contribution in [0.5, 0.6) is 0 Å². The van der Waals surface area contributed by atoms with Crippen LogP contribution in [0.3, 0.4) is 0 Å². The molecule has 51 heavy (non-hydrogen) atoms. The van der Waals surface area contributed by atoms with Crippen molar-refractivity contribution in [1.82, 2.24) is 33.2 Å². The summed E-state index contributed by atoms with van der Waals surface area (Å²) in [5.41, 5.74) is 8.61. The molecule has 0 radical (unpaired) electrons. The van der Waals surface area contributed by atoms with Gasteiger partial charge < -0.3 is 15.8 Å². The molecule has 0 fully saturated rings. The van der Waals surface area contributed by atoms with Crippen LogP contribution >= 0.6 is 23.2 Å². The fourth-order valence-electron chi connectivity index (χ4n) is 4.61. The van der Waals surface area contributed by atoms with Crippen LogP contribution < -0.4 is 11.1 Å². The van der Waals surface area contributed by atoms with E-state index in [9.17, 15) is 21.6 Å². The first-order chi connectivity index (χ1) is 23.9. The van der Waals surface area contributed by atoms with Crippen molar-refractivity contribution in [3.63, 3.8) is 0 Å². The van der Waals surface area contributed by atoms with E-state index in [0.717, 1.165) is 19.1 Å². The molecule has 268 valence electrons. The summed E-state index contributed by atoms with van der Waals surface area (Å²) in [6, 6.07) is 13.0. The standard InChI is InChI=1S/C19H21ClN4O4S.C14H13ClN4O2S/c1-12-5-7-14(8-6-12)29(26,27)24-11-15(20)16-17(24)21-9-13(23-16)10-22-18(25)28-19(2,3)4;1-9-2-4-11(5-3-9)22(20,21)19-8-12(15)13-14(19)17-7-10(6-16)18-13/h5-9,11H,10H2,1-4H3,(H,22,25);2-5,7-8H,6,16H2,1H3. The predicted molar refractivity (Wildman–Crippen MR) is 194 cm³/mol. The smallest absolute Gasteiger partial charge is 0.407 e. The quantitative estimate of drug-likeness (QED) is 0.201. The molecule has 6 rings (SSSR count). The topological polar surface area (TPSA) is 194 Å². The van der Waals surface area contributed by atoms with Gasteiger partial charge in [0.15, 0.2) is 11.3 Å². The van der Waals surface area contributed by atoms with Crippen LogP contribution in [-0.2, 0) is 37.9 Å². The number of amides is 1. The Bertz CT molecular complexity index is 2460. The van der Waals surface area contributed by atoms with Crippen LogP contribution in [0, 0.1) is 13.8 Å². The molecular weight excluding hydrogens is 739 g/mol. The van der Waals surface area contributed by atoms with Gasteiger partial charge in [-0.1, -0.05) is 58.6 Å². The number of rotatable bonds is 7. The molecule has 1 amide bonds. The van der Waals surface area contributed by atoms with Gasteiger partial charge in [-0.25, -0.2) is 49.5 Å². The number of halogens is 2. The maximum atomic E-state index is 13.0. The first-order valence-corrected chi connectivity index (χ1v) is 18.9. The van der Waals surface area contributed by atoms with Crippen LogP contribution in [0.4, 0.5) is 4.79 Å². The van der Waals surface area contributed by atoms with Gasteiger partial charge in [0.05, 0.1) is 50.2 Å². The van der Waals surface area contributed by atoms with Gasteiger partial charge in [0.2, 0.25) is 0 Å². The number of carbonyl (C=O) groups is 1. The summed E-state index contributed by atoms with van der Waals surface area (Å²) in [6.07, 6.45) is 4.82. The van der Waals surface area contributed by atoms with Crippen molar-refractivity contribution in [2.75, 3.05) is 0 Å². The summed E-state index contributed by atoms with van der Waals surface area (Å²) in [7, 11) is -7.66. The lowest BCUT2D eigenvalue weighted by Crippen LogP contribution is -2.32. The average molecular weight is 774 g/mol. The second-order valence-corrected chi connectivity index (χ2v) is 16.8. The van der Waals surface area contributed by atoms with E-state index >= 15 is 0 Å². The van der Waals surface area contributed by atoms with Crippen LogP contribution in [0.15, 0.2) is 83.1 Å². The van der Waals surface area contributed by atoms with E-state index in [0.29, 0.717) is 16.9 Å². The highest BCUT2D eigenvalue weighted by Crippen LogP contribution is 2.28. The number of hydrogen-bond acceptors (Lipinski definition) is 11. The molecule has 0 atom stereocenters. The first-order valence-electron chi connectivity index (χ1n) is 15.3. The summed E-state index contributed by atoms with van der Waals surface area (Å²) in [6.45, 7) is 9.30. The SMILES string of the molecule is Cc1ccc(S(=O)(=O)n2cc(Cl)c3nc(CN)cnc32)cc1.Cc1ccc(S(=O)(=O)n2cc(Cl)c3nc(CNC(=O)OC(C)(C)C)cnc32)cc1. The summed E-state index contributed by atoms with van der Waals surface area (Å²) < 4.78 is 58.6. The normalized spacial score (nSPS) is 12.1. The number of hydrogen-bond donors (Lipinski definition) is 2. The molecule has 4 aromatic heterocycles. The van der Waals surface area contributed by atoms with Gasteiger partial charge in [0, 0.05) is 18.9 Å². The molecule has 0 saturated heterocycles. The van der Waals surface area contributed by atoms with Crippen molar-refractivity contribution >= 4 is 71.7 Å². The summed E-state index contributed by atoms with van der Waals surface area (Å²) >= 11 is 12.3. The van der Waals surface area contributed by atoms with Gasteiger partial charge in [-0.2, -0.15) is 0 Å². The monoisotopic (exact) mass is 772 g/mol. The number of aryl methyl sites for hydroxylation is 2. The minimum atomic E-state index is -3.88. The molecule has 0 spiro atoms. The van der Waals surface area contributed by atoms with Gasteiger partial charge in [0.25, 0.3) is 20.0 Å². The molecule has 6 aromatic rings. The summed E-state index contributed by atoms with van der Waals surface area (Å²) in [5, 5.41) is 2.93. The Labute approximate surface area is 304 Å². The predicted octanol–water partition coefficient (Wildman–Crippen LogP) is 5.74.